The molecule has 0 spiro atoms. The Hall–Kier alpha value is -5.06. The van der Waals surface area contributed by atoms with Crippen LogP contribution in [-0.4, -0.2) is 6.71 Å². The van der Waals surface area contributed by atoms with E-state index in [2.05, 4.69) is 193 Å². The molecule has 0 unspecified atom stereocenters. The summed E-state index contributed by atoms with van der Waals surface area (Å²) in [6.45, 7) is 34.9. The third-order valence-corrected chi connectivity index (χ3v) is 17.8. The monoisotopic (exact) mass is 904 g/mol. The van der Waals surface area contributed by atoms with Crippen LogP contribution in [0.1, 0.15) is 168 Å². The van der Waals surface area contributed by atoms with E-state index in [0.29, 0.717) is 5.56 Å². The van der Waals surface area contributed by atoms with Gasteiger partial charge in [0.2, 0.25) is 0 Å². The minimum Gasteiger partial charge on any atom is -0.311 e. The molecule has 2 nitrogen and oxygen atoms in total. The highest BCUT2D eigenvalue weighted by molar-refractivity contribution is 7.26. The molecule has 4 heteroatoms. The van der Waals surface area contributed by atoms with Crippen molar-refractivity contribution in [3.05, 3.63) is 148 Å². The molecule has 7 aromatic rings. The van der Waals surface area contributed by atoms with Crippen molar-refractivity contribution in [1.82, 2.24) is 0 Å². The van der Waals surface area contributed by atoms with Gasteiger partial charge in [-0.15, -0.1) is 11.3 Å². The molecular weight excluding hydrogens is 828 g/mol. The van der Waals surface area contributed by atoms with E-state index in [9.17, 15) is 2.74 Å². The van der Waals surface area contributed by atoms with Gasteiger partial charge in [-0.05, 0) is 180 Å². The largest absolute Gasteiger partial charge is 0.311 e. The van der Waals surface area contributed by atoms with Crippen LogP contribution in [0.25, 0.3) is 21.2 Å². The van der Waals surface area contributed by atoms with Crippen LogP contribution in [-0.2, 0) is 32.5 Å². The average molecular weight is 904 g/mol. The molecule has 0 bridgehead atoms. The van der Waals surface area contributed by atoms with Gasteiger partial charge in [0.1, 0.15) is 0 Å². The second-order valence-electron chi connectivity index (χ2n) is 25.3. The quantitative estimate of drug-likeness (QED) is 0.163. The molecule has 0 amide bonds. The number of benzene rings is 6. The Morgan fingerprint density at radius 1 is 0.537 bits per heavy atom. The lowest BCUT2D eigenvalue weighted by molar-refractivity contribution is 0.332. The molecule has 0 radical (unpaired) electrons. The number of rotatable bonds is 3. The topological polar surface area (TPSA) is 6.48 Å². The Bertz CT molecular complexity index is 3460. The van der Waals surface area contributed by atoms with Gasteiger partial charge in [-0.2, -0.15) is 0 Å². The minimum absolute atomic E-state index is 0.000980. The second-order valence-corrected chi connectivity index (χ2v) is 26.3. The summed E-state index contributed by atoms with van der Waals surface area (Å²) in [5.74, 6) is 0. The maximum absolute atomic E-state index is 9.47. The van der Waals surface area contributed by atoms with E-state index in [-0.39, 0.29) is 75.0 Å². The van der Waals surface area contributed by atoms with Crippen LogP contribution in [0.5, 0.6) is 0 Å². The molecule has 11 rings (SSSR count). The van der Waals surface area contributed by atoms with Crippen molar-refractivity contribution in [2.24, 2.45) is 0 Å². The first-order chi connectivity index (χ1) is 33.4. The fourth-order valence-electron chi connectivity index (χ4n) is 12.2. The van der Waals surface area contributed by atoms with Gasteiger partial charge in [-0.3, -0.25) is 0 Å². The summed E-state index contributed by atoms with van der Waals surface area (Å²) in [6.07, 6.45) is 4.49. The lowest BCUT2D eigenvalue weighted by Crippen LogP contribution is -2.61. The third kappa shape index (κ3) is 6.84. The van der Waals surface area contributed by atoms with Gasteiger partial charge in [0.25, 0.3) is 6.71 Å². The summed E-state index contributed by atoms with van der Waals surface area (Å²) in [5.41, 5.74) is 18.8. The van der Waals surface area contributed by atoms with Gasteiger partial charge in [-0.1, -0.05) is 157 Å². The Morgan fingerprint density at radius 2 is 1.09 bits per heavy atom. The maximum atomic E-state index is 9.47. The predicted molar refractivity (Wildman–Crippen MR) is 294 cm³/mol. The van der Waals surface area contributed by atoms with Crippen molar-refractivity contribution in [2.45, 2.75) is 162 Å². The number of anilines is 6. The third-order valence-electron chi connectivity index (χ3n) is 16.6. The van der Waals surface area contributed by atoms with Crippen molar-refractivity contribution in [3.63, 3.8) is 0 Å². The van der Waals surface area contributed by atoms with Gasteiger partial charge >= 0.3 is 0 Å². The molecule has 0 fully saturated rings. The normalized spacial score (nSPS) is 19.6. The lowest BCUT2D eigenvalue weighted by Gasteiger charge is -2.47. The number of fused-ring (bicyclic) bond motifs is 8. The molecule has 0 N–H and O–H groups in total. The zero-order valence-corrected chi connectivity index (χ0v) is 43.5. The smallest absolute Gasteiger partial charge is 0.254 e. The van der Waals surface area contributed by atoms with Crippen LogP contribution in [0.4, 0.5) is 33.4 Å². The SMILES string of the molecule is [2H]c1c([2H])c([2H])c(-c2cc(C(C)(C)C)ccc2N2c3cc(C)cc4c3B(c3cc5c(cc3N4c3ccc4c(c3)C(C)(C)CCC4(C)C)C(C)(C)CCC5(C)C)c3c2sc2ccc(C(C)(C)C)cc32)c([2H])c1[2H]. The van der Waals surface area contributed by atoms with Crippen molar-refractivity contribution in [3.8, 4) is 11.1 Å². The highest BCUT2D eigenvalue weighted by Gasteiger charge is 2.49. The average Bonchev–Trinajstić information content (AvgIpc) is 3.68. The molecule has 2 aliphatic carbocycles. The second kappa shape index (κ2) is 14.5. The molecule has 67 heavy (non-hydrogen) atoms. The molecule has 4 aliphatic rings. The Labute approximate surface area is 414 Å². The van der Waals surface area contributed by atoms with Gasteiger partial charge < -0.3 is 9.80 Å². The minimum atomic E-state index is -0.390. The summed E-state index contributed by atoms with van der Waals surface area (Å²) in [7, 11) is 0. The summed E-state index contributed by atoms with van der Waals surface area (Å²) in [4.78, 5) is 5.01. The van der Waals surface area contributed by atoms with Crippen LogP contribution < -0.4 is 26.2 Å². The lowest BCUT2D eigenvalue weighted by atomic mass is 9.33. The molecule has 0 saturated heterocycles. The van der Waals surface area contributed by atoms with E-state index in [0.717, 1.165) is 64.6 Å². The Balaban J connectivity index is 1.31. The van der Waals surface area contributed by atoms with Crippen LogP contribution in [0.2, 0.25) is 0 Å². The van der Waals surface area contributed by atoms with Crippen LogP contribution >= 0.6 is 11.3 Å². The van der Waals surface area contributed by atoms with Gasteiger partial charge in [0.15, 0.2) is 0 Å². The molecule has 6 aromatic carbocycles. The molecular formula is C63H71BN2S. The van der Waals surface area contributed by atoms with Gasteiger partial charge in [0.05, 0.1) is 17.5 Å². The zero-order valence-electron chi connectivity index (χ0n) is 47.7. The van der Waals surface area contributed by atoms with Gasteiger partial charge in [-0.25, -0.2) is 0 Å². The first-order valence-corrected chi connectivity index (χ1v) is 25.6. The van der Waals surface area contributed by atoms with Crippen molar-refractivity contribution >= 4 is 78.0 Å². The van der Waals surface area contributed by atoms with E-state index in [1.807, 2.05) is 0 Å². The number of hydrogen-bond acceptors (Lipinski definition) is 3. The molecule has 0 atom stereocenters. The standard InChI is InChI=1S/C63H71BN2S/c1-38-31-52-56-53(32-38)66(50-25-21-40(58(2,3)4)33-43(50)39-19-17-16-18-20-39)57-55(44-34-41(59(5,6)7)22-26-54(44)67-57)64(56)49-36-47-48(63(14,15)30-29-62(47,12)13)37-51(49)65(52)42-23-24-45-46(35-42)61(10,11)28-27-60(45,8)9/h16-26,31-37H,27-30H2,1-15H3/i16D,17D,18D,19D,20D. The van der Waals surface area contributed by atoms with E-state index >= 15 is 0 Å². The highest BCUT2D eigenvalue weighted by Crippen LogP contribution is 2.55. The first-order valence-electron chi connectivity index (χ1n) is 27.3. The number of nitrogens with zero attached hydrogens (tertiary/aromatic N) is 2. The summed E-state index contributed by atoms with van der Waals surface area (Å²) in [6, 6.07) is 29.3. The zero-order chi connectivity index (χ0) is 51.9. The summed E-state index contributed by atoms with van der Waals surface area (Å²) >= 11 is 1.80. The number of thiophene rings is 1. The van der Waals surface area contributed by atoms with E-state index in [1.165, 1.54) is 60.0 Å². The van der Waals surface area contributed by atoms with Crippen molar-refractivity contribution in [1.29, 1.82) is 0 Å². The van der Waals surface area contributed by atoms with Crippen LogP contribution in [0, 0.1) is 6.92 Å². The van der Waals surface area contributed by atoms with E-state index in [1.54, 1.807) is 11.3 Å². The summed E-state index contributed by atoms with van der Waals surface area (Å²) < 4.78 is 46.7. The van der Waals surface area contributed by atoms with Gasteiger partial charge in [0, 0.05) is 33.0 Å². The summed E-state index contributed by atoms with van der Waals surface area (Å²) in [5, 5.41) is 2.33. The number of aryl methyl sites for hydroxylation is 1. The number of hydrogen-bond donors (Lipinski definition) is 0. The van der Waals surface area contributed by atoms with E-state index in [4.69, 9.17) is 4.11 Å². The Kier molecular flexibility index (Phi) is 8.40. The maximum Gasteiger partial charge on any atom is 0.254 e. The molecule has 2 aliphatic heterocycles. The fourth-order valence-corrected chi connectivity index (χ4v) is 13.4. The highest BCUT2D eigenvalue weighted by atomic mass is 32.1. The van der Waals surface area contributed by atoms with Crippen LogP contribution in [0.3, 0.4) is 0 Å². The van der Waals surface area contributed by atoms with Crippen molar-refractivity contribution < 1.29 is 6.85 Å². The molecule has 1 aromatic heterocycles. The molecule has 0 saturated carbocycles. The van der Waals surface area contributed by atoms with Crippen LogP contribution in [0.15, 0.2) is 109 Å². The van der Waals surface area contributed by atoms with E-state index < -0.39 is 0 Å². The predicted octanol–water partition coefficient (Wildman–Crippen LogP) is 16.3. The first kappa shape index (κ1) is 38.9. The van der Waals surface area contributed by atoms with Crippen molar-refractivity contribution in [2.75, 3.05) is 9.80 Å². The molecule has 3 heterocycles. The Morgan fingerprint density at radius 3 is 1.72 bits per heavy atom. The fraction of sp³-hybridized carbons (Fsp3) is 0.397. The molecule has 342 valence electrons.